The van der Waals surface area contributed by atoms with E-state index in [1.54, 1.807) is 41.3 Å². The lowest BCUT2D eigenvalue weighted by atomic mass is 10.2. The van der Waals surface area contributed by atoms with Gasteiger partial charge in [0, 0.05) is 30.6 Å². The molecular formula is C20H18FNO4. The largest absolute Gasteiger partial charge is 0.484 e. The van der Waals surface area contributed by atoms with Crippen LogP contribution in [0.15, 0.2) is 63.8 Å². The second kappa shape index (κ2) is 7.82. The van der Waals surface area contributed by atoms with E-state index >= 15 is 0 Å². The van der Waals surface area contributed by atoms with Gasteiger partial charge < -0.3 is 14.1 Å². The minimum atomic E-state index is -0.446. The summed E-state index contributed by atoms with van der Waals surface area (Å²) in [5, 5.41) is 0.768. The molecule has 0 unspecified atom stereocenters. The van der Waals surface area contributed by atoms with Gasteiger partial charge in [0.05, 0.1) is 0 Å². The summed E-state index contributed by atoms with van der Waals surface area (Å²) in [5.41, 5.74) is 0.667. The number of likely N-dealkylation sites (N-methyl/N-ethyl adjacent to an activating group) is 1. The van der Waals surface area contributed by atoms with Gasteiger partial charge in [-0.1, -0.05) is 12.1 Å². The third-order valence-corrected chi connectivity index (χ3v) is 3.95. The van der Waals surface area contributed by atoms with Gasteiger partial charge >= 0.3 is 5.63 Å². The molecule has 134 valence electrons. The summed E-state index contributed by atoms with van der Waals surface area (Å²) in [4.78, 5) is 25.3. The van der Waals surface area contributed by atoms with Crippen LogP contribution in [0.3, 0.4) is 0 Å². The highest BCUT2D eigenvalue weighted by molar-refractivity contribution is 5.79. The monoisotopic (exact) mass is 355 g/mol. The van der Waals surface area contributed by atoms with E-state index in [0.29, 0.717) is 30.0 Å². The van der Waals surface area contributed by atoms with Gasteiger partial charge in [-0.2, -0.15) is 0 Å². The Kier molecular flexibility index (Phi) is 5.31. The third kappa shape index (κ3) is 4.27. The highest BCUT2D eigenvalue weighted by atomic mass is 19.1. The topological polar surface area (TPSA) is 59.8 Å². The van der Waals surface area contributed by atoms with Crippen LogP contribution >= 0.6 is 0 Å². The molecule has 0 atom stereocenters. The van der Waals surface area contributed by atoms with Crippen LogP contribution in [-0.4, -0.2) is 24.0 Å². The predicted molar refractivity (Wildman–Crippen MR) is 95.5 cm³/mol. The number of halogens is 1. The van der Waals surface area contributed by atoms with Gasteiger partial charge in [-0.15, -0.1) is 0 Å². The van der Waals surface area contributed by atoms with Gasteiger partial charge in [0.2, 0.25) is 0 Å². The molecule has 1 amide bonds. The van der Waals surface area contributed by atoms with Crippen molar-refractivity contribution in [3.05, 3.63) is 76.4 Å². The van der Waals surface area contributed by atoms with Crippen LogP contribution in [0, 0.1) is 5.82 Å². The number of fused-ring (bicyclic) bond motifs is 1. The van der Waals surface area contributed by atoms with Crippen molar-refractivity contribution in [2.45, 2.75) is 13.5 Å². The molecule has 0 saturated heterocycles. The number of ether oxygens (including phenoxy) is 1. The number of nitrogens with zero attached hydrogens (tertiary/aromatic N) is 1. The number of benzene rings is 2. The van der Waals surface area contributed by atoms with Crippen molar-refractivity contribution in [2.24, 2.45) is 0 Å². The van der Waals surface area contributed by atoms with E-state index in [1.807, 2.05) is 6.92 Å². The van der Waals surface area contributed by atoms with Crippen molar-refractivity contribution in [3.63, 3.8) is 0 Å². The molecule has 0 N–H and O–H groups in total. The first kappa shape index (κ1) is 17.7. The molecule has 1 heterocycles. The lowest BCUT2D eigenvalue weighted by molar-refractivity contribution is -0.133. The van der Waals surface area contributed by atoms with E-state index in [-0.39, 0.29) is 18.3 Å². The summed E-state index contributed by atoms with van der Waals surface area (Å²) in [6.45, 7) is 2.47. The molecule has 0 aliphatic rings. The zero-order valence-electron chi connectivity index (χ0n) is 14.3. The average Bonchev–Trinajstić information content (AvgIpc) is 2.63. The van der Waals surface area contributed by atoms with Crippen LogP contribution < -0.4 is 10.4 Å². The van der Waals surface area contributed by atoms with Crippen LogP contribution in [0.25, 0.3) is 11.0 Å². The Morgan fingerprint density at radius 3 is 2.73 bits per heavy atom. The van der Waals surface area contributed by atoms with Gasteiger partial charge in [-0.3, -0.25) is 4.79 Å². The van der Waals surface area contributed by atoms with Crippen molar-refractivity contribution < 1.29 is 18.3 Å². The molecule has 0 spiro atoms. The van der Waals surface area contributed by atoms with Gasteiger partial charge in [-0.05, 0) is 42.8 Å². The minimum absolute atomic E-state index is 0.161. The van der Waals surface area contributed by atoms with E-state index in [1.165, 1.54) is 18.2 Å². The highest BCUT2D eigenvalue weighted by Gasteiger charge is 2.13. The summed E-state index contributed by atoms with van der Waals surface area (Å²) >= 11 is 0. The molecule has 3 aromatic rings. The van der Waals surface area contributed by atoms with Crippen LogP contribution in [0.2, 0.25) is 0 Å². The molecule has 0 bridgehead atoms. The smallest absolute Gasteiger partial charge is 0.336 e. The standard InChI is InChI=1S/C20H18FNO4/c1-2-22(12-14-4-3-5-16(21)10-14)19(23)13-25-17-8-6-15-7-9-20(24)26-18(15)11-17/h3-11H,2,12-13H2,1H3. The lowest BCUT2D eigenvalue weighted by Crippen LogP contribution is -2.34. The SMILES string of the molecule is CCN(Cc1cccc(F)c1)C(=O)COc1ccc2ccc(=O)oc2c1. The van der Waals surface area contributed by atoms with Crippen molar-refractivity contribution in [1.82, 2.24) is 4.90 Å². The summed E-state index contributed by atoms with van der Waals surface area (Å²) in [7, 11) is 0. The predicted octanol–water partition coefficient (Wildman–Crippen LogP) is 3.36. The van der Waals surface area contributed by atoms with E-state index in [0.717, 1.165) is 5.39 Å². The molecule has 0 fully saturated rings. The zero-order chi connectivity index (χ0) is 18.5. The molecular weight excluding hydrogens is 337 g/mol. The van der Waals surface area contributed by atoms with E-state index < -0.39 is 5.63 Å². The maximum absolute atomic E-state index is 13.3. The number of rotatable bonds is 6. The maximum atomic E-state index is 13.3. The molecule has 0 aliphatic heterocycles. The van der Waals surface area contributed by atoms with E-state index in [2.05, 4.69) is 0 Å². The van der Waals surface area contributed by atoms with Crippen molar-refractivity contribution >= 4 is 16.9 Å². The summed E-state index contributed by atoms with van der Waals surface area (Å²) < 4.78 is 23.9. The normalized spacial score (nSPS) is 10.7. The first-order valence-electron chi connectivity index (χ1n) is 8.24. The van der Waals surface area contributed by atoms with Gasteiger partial charge in [0.15, 0.2) is 6.61 Å². The number of carbonyl (C=O) groups is 1. The quantitative estimate of drug-likeness (QED) is 0.636. The molecule has 26 heavy (non-hydrogen) atoms. The Balaban J connectivity index is 1.65. The second-order valence-electron chi connectivity index (χ2n) is 5.78. The van der Waals surface area contributed by atoms with Gasteiger partial charge in [0.25, 0.3) is 5.91 Å². The number of hydrogen-bond donors (Lipinski definition) is 0. The highest BCUT2D eigenvalue weighted by Crippen LogP contribution is 2.19. The number of amides is 1. The Morgan fingerprint density at radius 2 is 1.96 bits per heavy atom. The average molecular weight is 355 g/mol. The number of carbonyl (C=O) groups excluding carboxylic acids is 1. The molecule has 0 aliphatic carbocycles. The second-order valence-corrected chi connectivity index (χ2v) is 5.78. The fourth-order valence-electron chi connectivity index (χ4n) is 2.60. The van der Waals surface area contributed by atoms with Crippen LogP contribution in [-0.2, 0) is 11.3 Å². The molecule has 6 heteroatoms. The third-order valence-electron chi connectivity index (χ3n) is 3.95. The maximum Gasteiger partial charge on any atom is 0.336 e. The van der Waals surface area contributed by atoms with Crippen LogP contribution in [0.4, 0.5) is 4.39 Å². The fraction of sp³-hybridized carbons (Fsp3) is 0.200. The first-order valence-corrected chi connectivity index (χ1v) is 8.24. The molecule has 0 radical (unpaired) electrons. The Hall–Kier alpha value is -3.15. The zero-order valence-corrected chi connectivity index (χ0v) is 14.3. The van der Waals surface area contributed by atoms with Gasteiger partial charge in [0.1, 0.15) is 17.1 Å². The molecule has 3 rings (SSSR count). The summed E-state index contributed by atoms with van der Waals surface area (Å²) in [6, 6.07) is 14.2. The van der Waals surface area contributed by atoms with E-state index in [9.17, 15) is 14.0 Å². The van der Waals surface area contributed by atoms with Crippen LogP contribution in [0.5, 0.6) is 5.75 Å². The first-order chi connectivity index (χ1) is 12.5. The Bertz CT molecular complexity index is 983. The number of hydrogen-bond acceptors (Lipinski definition) is 4. The van der Waals surface area contributed by atoms with Gasteiger partial charge in [-0.25, -0.2) is 9.18 Å². The minimum Gasteiger partial charge on any atom is -0.484 e. The molecule has 0 saturated carbocycles. The molecule has 1 aromatic heterocycles. The van der Waals surface area contributed by atoms with Crippen molar-refractivity contribution in [1.29, 1.82) is 0 Å². The van der Waals surface area contributed by atoms with E-state index in [4.69, 9.17) is 9.15 Å². The van der Waals surface area contributed by atoms with Crippen LogP contribution in [0.1, 0.15) is 12.5 Å². The summed E-state index contributed by atoms with van der Waals surface area (Å²) in [6.07, 6.45) is 0. The Morgan fingerprint density at radius 1 is 1.15 bits per heavy atom. The fourth-order valence-corrected chi connectivity index (χ4v) is 2.60. The van der Waals surface area contributed by atoms with Crippen molar-refractivity contribution in [3.8, 4) is 5.75 Å². The van der Waals surface area contributed by atoms with Crippen molar-refractivity contribution in [2.75, 3.05) is 13.2 Å². The summed E-state index contributed by atoms with van der Waals surface area (Å²) in [5.74, 6) is -0.117. The lowest BCUT2D eigenvalue weighted by Gasteiger charge is -2.21. The molecule has 2 aromatic carbocycles. The Labute approximate surface area is 149 Å². The molecule has 5 nitrogen and oxygen atoms in total.